The average Bonchev–Trinajstić information content (AvgIpc) is 3.44. The molecule has 4 aromatic rings. The molecule has 0 atom stereocenters. The number of methoxy groups -OCH3 is 1. The summed E-state index contributed by atoms with van der Waals surface area (Å²) >= 11 is 0. The number of alkyl halides is 2. The minimum absolute atomic E-state index is 0.00225. The van der Waals surface area contributed by atoms with Crippen LogP contribution in [-0.2, 0) is 7.05 Å². The molecule has 0 unspecified atom stereocenters. The Kier molecular flexibility index (Phi) is 5.89. The maximum atomic E-state index is 13.0. The van der Waals surface area contributed by atoms with Crippen molar-refractivity contribution in [1.82, 2.24) is 14.3 Å². The molecule has 2 aromatic heterocycles. The summed E-state index contributed by atoms with van der Waals surface area (Å²) in [5.41, 5.74) is 1.82. The molecule has 0 bridgehead atoms. The Morgan fingerprint density at radius 2 is 1.81 bits per heavy atom. The van der Waals surface area contributed by atoms with Crippen LogP contribution in [0.15, 0.2) is 73.2 Å². The maximum absolute atomic E-state index is 13.0. The van der Waals surface area contributed by atoms with Gasteiger partial charge in [-0.2, -0.15) is 13.9 Å². The Balaban J connectivity index is 1.67. The number of hydrogen-bond acceptors (Lipinski definition) is 4. The summed E-state index contributed by atoms with van der Waals surface area (Å²) in [4.78, 5) is 13.0. The number of ether oxygens (including phenoxy) is 2. The number of benzene rings is 2. The molecule has 0 aliphatic heterocycles. The van der Waals surface area contributed by atoms with Crippen LogP contribution in [0.2, 0.25) is 0 Å². The van der Waals surface area contributed by atoms with Gasteiger partial charge in [0.25, 0.3) is 5.91 Å². The highest BCUT2D eigenvalue weighted by molar-refractivity contribution is 6.06. The Bertz CT molecular complexity index is 1220. The summed E-state index contributed by atoms with van der Waals surface area (Å²) in [6.45, 7) is -2.98. The van der Waals surface area contributed by atoms with Crippen LogP contribution in [0.1, 0.15) is 10.4 Å². The van der Waals surface area contributed by atoms with Crippen molar-refractivity contribution in [3.63, 3.8) is 0 Å². The van der Waals surface area contributed by atoms with Gasteiger partial charge in [-0.25, -0.2) is 0 Å². The van der Waals surface area contributed by atoms with E-state index in [-0.39, 0.29) is 11.7 Å². The summed E-state index contributed by atoms with van der Waals surface area (Å²) < 4.78 is 39.1. The molecule has 0 saturated carbocycles. The standard InChI is InChI=1S/C23H20F2N4O3/c1-28-22(29-11-3-4-12-29)19(14-26-28)21(30)27-16-7-10-20(32-23(24)25)18(13-16)15-5-8-17(31-2)9-6-15/h3-14,23H,1-2H3,(H,27,30). The van der Waals surface area contributed by atoms with E-state index in [4.69, 9.17) is 4.74 Å². The quantitative estimate of drug-likeness (QED) is 0.453. The van der Waals surface area contributed by atoms with Crippen LogP contribution in [0.5, 0.6) is 11.5 Å². The number of aryl methyl sites for hydroxylation is 1. The van der Waals surface area contributed by atoms with Crippen LogP contribution in [0.4, 0.5) is 14.5 Å². The summed E-state index contributed by atoms with van der Waals surface area (Å²) in [6.07, 6.45) is 5.10. The number of anilines is 1. The molecule has 2 heterocycles. The van der Waals surface area contributed by atoms with Crippen LogP contribution in [0.25, 0.3) is 16.9 Å². The number of hydrogen-bond donors (Lipinski definition) is 1. The van der Waals surface area contributed by atoms with E-state index < -0.39 is 6.61 Å². The van der Waals surface area contributed by atoms with Gasteiger partial charge in [0.1, 0.15) is 22.9 Å². The summed E-state index contributed by atoms with van der Waals surface area (Å²) in [6, 6.07) is 15.1. The Labute approximate surface area is 182 Å². The van der Waals surface area contributed by atoms with Crippen LogP contribution in [0.3, 0.4) is 0 Å². The van der Waals surface area contributed by atoms with Crippen molar-refractivity contribution in [2.45, 2.75) is 6.61 Å². The van der Waals surface area contributed by atoms with E-state index in [9.17, 15) is 13.6 Å². The van der Waals surface area contributed by atoms with E-state index >= 15 is 0 Å². The number of rotatable bonds is 7. The molecule has 9 heteroatoms. The van der Waals surface area contributed by atoms with Gasteiger partial charge in [0.15, 0.2) is 0 Å². The molecule has 1 amide bonds. The normalized spacial score (nSPS) is 10.9. The van der Waals surface area contributed by atoms with E-state index in [1.807, 2.05) is 24.5 Å². The molecular weight excluding hydrogens is 418 g/mol. The van der Waals surface area contributed by atoms with Crippen molar-refractivity contribution in [2.75, 3.05) is 12.4 Å². The highest BCUT2D eigenvalue weighted by atomic mass is 19.3. The second-order valence-electron chi connectivity index (χ2n) is 6.87. The van der Waals surface area contributed by atoms with Crippen molar-refractivity contribution in [3.05, 3.63) is 78.8 Å². The molecule has 2 aromatic carbocycles. The third kappa shape index (κ3) is 4.31. The van der Waals surface area contributed by atoms with E-state index in [1.165, 1.54) is 25.4 Å². The maximum Gasteiger partial charge on any atom is 0.387 e. The number of nitrogens with one attached hydrogen (secondary N) is 1. The predicted molar refractivity (Wildman–Crippen MR) is 116 cm³/mol. The molecule has 0 saturated heterocycles. The van der Waals surface area contributed by atoms with E-state index in [2.05, 4.69) is 15.2 Å². The molecular formula is C23H20F2N4O3. The topological polar surface area (TPSA) is 70.3 Å². The molecule has 0 aliphatic rings. The summed E-state index contributed by atoms with van der Waals surface area (Å²) in [5.74, 6) is 0.840. The molecule has 164 valence electrons. The summed E-state index contributed by atoms with van der Waals surface area (Å²) in [5, 5.41) is 7.00. The average molecular weight is 438 g/mol. The third-order valence-corrected chi connectivity index (χ3v) is 4.86. The largest absolute Gasteiger partial charge is 0.497 e. The molecule has 0 aliphatic carbocycles. The molecule has 0 spiro atoms. The molecule has 4 rings (SSSR count). The minimum Gasteiger partial charge on any atom is -0.497 e. The monoisotopic (exact) mass is 438 g/mol. The van der Waals surface area contributed by atoms with Gasteiger partial charge in [0, 0.05) is 30.7 Å². The van der Waals surface area contributed by atoms with Crippen LogP contribution < -0.4 is 14.8 Å². The second-order valence-corrected chi connectivity index (χ2v) is 6.87. The summed E-state index contributed by atoms with van der Waals surface area (Å²) in [7, 11) is 3.28. The number of nitrogens with zero attached hydrogens (tertiary/aromatic N) is 3. The smallest absolute Gasteiger partial charge is 0.387 e. The van der Waals surface area contributed by atoms with Crippen LogP contribution >= 0.6 is 0 Å². The Hall–Kier alpha value is -4.14. The predicted octanol–water partition coefficient (Wildman–Crippen LogP) is 4.74. The van der Waals surface area contributed by atoms with E-state index in [0.29, 0.717) is 33.9 Å². The van der Waals surface area contributed by atoms with Gasteiger partial charge in [-0.05, 0) is 48.0 Å². The second kappa shape index (κ2) is 8.93. The lowest BCUT2D eigenvalue weighted by Gasteiger charge is -2.14. The third-order valence-electron chi connectivity index (χ3n) is 4.86. The van der Waals surface area contributed by atoms with Crippen molar-refractivity contribution >= 4 is 11.6 Å². The first kappa shape index (κ1) is 21.1. The van der Waals surface area contributed by atoms with Gasteiger partial charge in [-0.1, -0.05) is 12.1 Å². The van der Waals surface area contributed by atoms with Gasteiger partial charge >= 0.3 is 6.61 Å². The molecule has 1 N–H and O–H groups in total. The van der Waals surface area contributed by atoms with E-state index in [0.717, 1.165) is 0 Å². The van der Waals surface area contributed by atoms with Gasteiger partial charge in [0.05, 0.1) is 13.3 Å². The number of amides is 1. The molecule has 32 heavy (non-hydrogen) atoms. The number of carbonyl (C=O) groups is 1. The van der Waals surface area contributed by atoms with E-state index in [1.54, 1.807) is 46.6 Å². The lowest BCUT2D eigenvalue weighted by atomic mass is 10.0. The fraction of sp³-hybridized carbons (Fsp3) is 0.130. The number of halogens is 2. The number of carbonyl (C=O) groups excluding carboxylic acids is 1. The van der Waals surface area contributed by atoms with Gasteiger partial charge < -0.3 is 19.4 Å². The van der Waals surface area contributed by atoms with Crippen molar-refractivity contribution < 1.29 is 23.0 Å². The van der Waals surface area contributed by atoms with Crippen molar-refractivity contribution in [1.29, 1.82) is 0 Å². The Morgan fingerprint density at radius 1 is 1.09 bits per heavy atom. The molecule has 0 radical (unpaired) electrons. The fourth-order valence-corrected chi connectivity index (χ4v) is 3.37. The zero-order chi connectivity index (χ0) is 22.7. The first-order valence-corrected chi connectivity index (χ1v) is 9.66. The van der Waals surface area contributed by atoms with Gasteiger partial charge in [0.2, 0.25) is 0 Å². The SMILES string of the molecule is COc1ccc(-c2cc(NC(=O)c3cnn(C)c3-n3cccc3)ccc2OC(F)F)cc1. The minimum atomic E-state index is -2.98. The Morgan fingerprint density at radius 3 is 2.47 bits per heavy atom. The number of aromatic nitrogens is 3. The zero-order valence-electron chi connectivity index (χ0n) is 17.3. The first-order chi connectivity index (χ1) is 15.5. The molecule has 7 nitrogen and oxygen atoms in total. The first-order valence-electron chi connectivity index (χ1n) is 9.66. The lowest BCUT2D eigenvalue weighted by Crippen LogP contribution is -2.15. The lowest BCUT2D eigenvalue weighted by molar-refractivity contribution is -0.0494. The van der Waals surface area contributed by atoms with Crippen molar-refractivity contribution in [2.24, 2.45) is 7.05 Å². The van der Waals surface area contributed by atoms with Crippen LogP contribution in [0, 0.1) is 0 Å². The van der Waals surface area contributed by atoms with Crippen molar-refractivity contribution in [3.8, 4) is 28.4 Å². The highest BCUT2D eigenvalue weighted by Crippen LogP contribution is 2.35. The zero-order valence-corrected chi connectivity index (χ0v) is 17.3. The highest BCUT2D eigenvalue weighted by Gasteiger charge is 2.19. The molecule has 0 fully saturated rings. The van der Waals surface area contributed by atoms with Crippen LogP contribution in [-0.4, -0.2) is 34.0 Å². The van der Waals surface area contributed by atoms with Gasteiger partial charge in [-0.3, -0.25) is 9.48 Å². The fourth-order valence-electron chi connectivity index (χ4n) is 3.37. The van der Waals surface area contributed by atoms with Gasteiger partial charge in [-0.15, -0.1) is 0 Å².